The van der Waals surface area contributed by atoms with Gasteiger partial charge in [-0.15, -0.1) is 5.10 Å². The molecule has 2 N–H and O–H groups in total. The molecule has 0 fully saturated rings. The van der Waals surface area contributed by atoms with Crippen LogP contribution in [0, 0.1) is 0 Å². The highest BCUT2D eigenvalue weighted by Crippen LogP contribution is 2.23. The summed E-state index contributed by atoms with van der Waals surface area (Å²) in [7, 11) is 1.65. The third kappa shape index (κ3) is 2.25. The van der Waals surface area contributed by atoms with Crippen LogP contribution in [0.5, 0.6) is 0 Å². The molecule has 0 radical (unpaired) electrons. The maximum atomic E-state index is 12.3. The second-order valence-corrected chi connectivity index (χ2v) is 5.08. The fraction of sp³-hybridized carbons (Fsp3) is 0.100. The molecule has 0 spiro atoms. The number of nitrogen functional groups attached to an aromatic ring is 1. The van der Waals surface area contributed by atoms with Crippen LogP contribution in [0.15, 0.2) is 27.3 Å². The van der Waals surface area contributed by atoms with Crippen LogP contribution in [0.1, 0.15) is 16.1 Å². The SMILES string of the molecule is Cn1nnc(Br)c1C(=O)c1cc(Br)ccc1N. The van der Waals surface area contributed by atoms with E-state index < -0.39 is 0 Å². The van der Waals surface area contributed by atoms with Crippen molar-refractivity contribution in [3.63, 3.8) is 0 Å². The molecule has 5 nitrogen and oxygen atoms in total. The molecule has 1 aromatic heterocycles. The summed E-state index contributed by atoms with van der Waals surface area (Å²) >= 11 is 6.50. The Bertz CT molecular complexity index is 574. The lowest BCUT2D eigenvalue weighted by Crippen LogP contribution is -2.11. The minimum Gasteiger partial charge on any atom is -0.398 e. The van der Waals surface area contributed by atoms with Gasteiger partial charge in [0.15, 0.2) is 4.60 Å². The summed E-state index contributed by atoms with van der Waals surface area (Å²) in [5.74, 6) is -0.219. The summed E-state index contributed by atoms with van der Waals surface area (Å²) in [6, 6.07) is 5.13. The molecular weight excluding hydrogens is 352 g/mol. The van der Waals surface area contributed by atoms with E-state index in [-0.39, 0.29) is 5.78 Å². The Hall–Kier alpha value is -1.21. The number of nitrogens with two attached hydrogens (primary N) is 1. The average molecular weight is 360 g/mol. The van der Waals surface area contributed by atoms with Crippen LogP contribution in [-0.2, 0) is 7.05 Å². The molecule has 17 heavy (non-hydrogen) atoms. The van der Waals surface area contributed by atoms with Crippen LogP contribution in [0.3, 0.4) is 0 Å². The molecule has 1 aromatic carbocycles. The molecule has 88 valence electrons. The topological polar surface area (TPSA) is 73.8 Å². The number of benzene rings is 1. The molecule has 0 amide bonds. The number of rotatable bonds is 2. The van der Waals surface area contributed by atoms with Gasteiger partial charge in [0.05, 0.1) is 0 Å². The first-order valence-electron chi connectivity index (χ1n) is 4.65. The minimum absolute atomic E-state index is 0.219. The number of aromatic nitrogens is 3. The molecule has 0 aliphatic heterocycles. The molecule has 0 unspecified atom stereocenters. The van der Waals surface area contributed by atoms with E-state index in [1.165, 1.54) is 4.68 Å². The Kier molecular flexibility index (Phi) is 3.30. The van der Waals surface area contributed by atoms with Crippen LogP contribution in [0.4, 0.5) is 5.69 Å². The number of halogens is 2. The first kappa shape index (κ1) is 12.3. The quantitative estimate of drug-likeness (QED) is 0.658. The zero-order valence-corrected chi connectivity index (χ0v) is 12.0. The zero-order chi connectivity index (χ0) is 12.6. The summed E-state index contributed by atoms with van der Waals surface area (Å²) in [6.45, 7) is 0. The standard InChI is InChI=1S/C10H8Br2N4O/c1-16-8(10(12)14-15-16)9(17)6-4-5(11)2-3-7(6)13/h2-4H,13H2,1H3. The van der Waals surface area contributed by atoms with E-state index in [4.69, 9.17) is 5.73 Å². The van der Waals surface area contributed by atoms with Crippen molar-refractivity contribution in [3.8, 4) is 0 Å². The van der Waals surface area contributed by atoms with Crippen molar-refractivity contribution >= 4 is 43.3 Å². The molecule has 1 heterocycles. The van der Waals surface area contributed by atoms with Gasteiger partial charge in [0.2, 0.25) is 5.78 Å². The van der Waals surface area contributed by atoms with Crippen molar-refractivity contribution in [1.82, 2.24) is 15.0 Å². The number of hydrogen-bond acceptors (Lipinski definition) is 4. The molecule has 0 bridgehead atoms. The average Bonchev–Trinajstić information content (AvgIpc) is 2.61. The molecule has 0 saturated heterocycles. The highest BCUT2D eigenvalue weighted by molar-refractivity contribution is 9.10. The molecule has 2 rings (SSSR count). The second-order valence-electron chi connectivity index (χ2n) is 3.41. The Morgan fingerprint density at radius 2 is 2.12 bits per heavy atom. The molecule has 2 aromatic rings. The largest absolute Gasteiger partial charge is 0.398 e. The maximum Gasteiger partial charge on any atom is 0.215 e. The number of carbonyl (C=O) groups excluding carboxylic acids is 1. The minimum atomic E-state index is -0.219. The summed E-state index contributed by atoms with van der Waals surface area (Å²) < 4.78 is 2.61. The third-order valence-corrected chi connectivity index (χ3v) is 3.29. The van der Waals surface area contributed by atoms with E-state index >= 15 is 0 Å². The lowest BCUT2D eigenvalue weighted by Gasteiger charge is -2.05. The number of hydrogen-bond donors (Lipinski definition) is 1. The van der Waals surface area contributed by atoms with Crippen molar-refractivity contribution in [2.24, 2.45) is 7.05 Å². The smallest absolute Gasteiger partial charge is 0.215 e. The van der Waals surface area contributed by atoms with E-state index in [0.29, 0.717) is 21.5 Å². The van der Waals surface area contributed by atoms with Crippen LogP contribution < -0.4 is 5.73 Å². The predicted octanol–water partition coefficient (Wildman–Crippen LogP) is 2.15. The normalized spacial score (nSPS) is 10.5. The Balaban J connectivity index is 2.55. The lowest BCUT2D eigenvalue weighted by atomic mass is 10.1. The maximum absolute atomic E-state index is 12.3. The fourth-order valence-corrected chi connectivity index (χ4v) is 2.29. The molecule has 0 atom stereocenters. The number of nitrogens with zero attached hydrogens (tertiary/aromatic N) is 3. The summed E-state index contributed by atoms with van der Waals surface area (Å²) in [6.07, 6.45) is 0. The summed E-state index contributed by atoms with van der Waals surface area (Å²) in [5.41, 5.74) is 7.00. The van der Waals surface area contributed by atoms with Crippen molar-refractivity contribution in [2.45, 2.75) is 0 Å². The fourth-order valence-electron chi connectivity index (χ4n) is 1.43. The van der Waals surface area contributed by atoms with Gasteiger partial charge in [-0.25, -0.2) is 4.68 Å². The summed E-state index contributed by atoms with van der Waals surface area (Å²) in [4.78, 5) is 12.3. The van der Waals surface area contributed by atoms with E-state index in [9.17, 15) is 4.79 Å². The van der Waals surface area contributed by atoms with Gasteiger partial charge in [-0.05, 0) is 34.1 Å². The van der Waals surface area contributed by atoms with E-state index in [1.54, 1.807) is 25.2 Å². The highest BCUT2D eigenvalue weighted by atomic mass is 79.9. The Morgan fingerprint density at radius 3 is 2.71 bits per heavy atom. The lowest BCUT2D eigenvalue weighted by molar-refractivity contribution is 0.103. The molecule has 0 aliphatic carbocycles. The van der Waals surface area contributed by atoms with Gasteiger partial charge < -0.3 is 5.73 Å². The van der Waals surface area contributed by atoms with Crippen molar-refractivity contribution in [3.05, 3.63) is 38.5 Å². The molecule has 0 saturated carbocycles. The van der Waals surface area contributed by atoms with Crippen molar-refractivity contribution in [1.29, 1.82) is 0 Å². The molecule has 7 heteroatoms. The third-order valence-electron chi connectivity index (χ3n) is 2.26. The molecule has 0 aliphatic rings. The zero-order valence-electron chi connectivity index (χ0n) is 8.82. The van der Waals surface area contributed by atoms with Gasteiger partial charge in [-0.1, -0.05) is 21.1 Å². The van der Waals surface area contributed by atoms with Gasteiger partial charge in [0.25, 0.3) is 0 Å². The van der Waals surface area contributed by atoms with E-state index in [1.807, 2.05) is 0 Å². The van der Waals surface area contributed by atoms with Gasteiger partial charge in [-0.3, -0.25) is 4.79 Å². The first-order valence-corrected chi connectivity index (χ1v) is 6.24. The van der Waals surface area contributed by atoms with Crippen LogP contribution >= 0.6 is 31.9 Å². The molecular formula is C10H8Br2N4O. The van der Waals surface area contributed by atoms with E-state index in [0.717, 1.165) is 4.47 Å². The Morgan fingerprint density at radius 1 is 1.41 bits per heavy atom. The van der Waals surface area contributed by atoms with Gasteiger partial charge >= 0.3 is 0 Å². The number of carbonyl (C=O) groups is 1. The van der Waals surface area contributed by atoms with Crippen LogP contribution in [-0.4, -0.2) is 20.8 Å². The first-order chi connectivity index (χ1) is 8.00. The van der Waals surface area contributed by atoms with Crippen LogP contribution in [0.25, 0.3) is 0 Å². The van der Waals surface area contributed by atoms with Gasteiger partial charge in [0.1, 0.15) is 5.69 Å². The van der Waals surface area contributed by atoms with Crippen molar-refractivity contribution in [2.75, 3.05) is 5.73 Å². The van der Waals surface area contributed by atoms with Crippen molar-refractivity contribution < 1.29 is 4.79 Å². The number of aryl methyl sites for hydroxylation is 1. The van der Waals surface area contributed by atoms with Gasteiger partial charge in [0, 0.05) is 22.8 Å². The monoisotopic (exact) mass is 358 g/mol. The Labute approximate surface area is 114 Å². The number of anilines is 1. The van der Waals surface area contributed by atoms with Crippen LogP contribution in [0.2, 0.25) is 0 Å². The number of ketones is 1. The van der Waals surface area contributed by atoms with E-state index in [2.05, 4.69) is 42.2 Å². The highest BCUT2D eigenvalue weighted by Gasteiger charge is 2.20. The second kappa shape index (κ2) is 4.58. The summed E-state index contributed by atoms with van der Waals surface area (Å²) in [5, 5.41) is 7.53. The predicted molar refractivity (Wildman–Crippen MR) is 70.7 cm³/mol. The van der Waals surface area contributed by atoms with Gasteiger partial charge in [-0.2, -0.15) is 0 Å².